The van der Waals surface area contributed by atoms with Crippen LogP contribution in [0.3, 0.4) is 0 Å². The first-order chi connectivity index (χ1) is 7.58. The Kier molecular flexibility index (Phi) is 3.89. The summed E-state index contributed by atoms with van der Waals surface area (Å²) in [5.41, 5.74) is -0.222. The Morgan fingerprint density at radius 2 is 2.38 bits per heavy atom. The van der Waals surface area contributed by atoms with Crippen molar-refractivity contribution in [2.75, 3.05) is 7.11 Å². The van der Waals surface area contributed by atoms with Crippen LogP contribution >= 0.6 is 0 Å². The maximum atomic E-state index is 12.4. The summed E-state index contributed by atoms with van der Waals surface area (Å²) >= 11 is 0. The van der Waals surface area contributed by atoms with Crippen LogP contribution in [0.15, 0.2) is 12.3 Å². The van der Waals surface area contributed by atoms with Gasteiger partial charge in [0.2, 0.25) is 0 Å². The fraction of sp³-hybridized carbons (Fsp3) is 0.300. The molecule has 0 aliphatic heterocycles. The Balaban J connectivity index is 3.08. The Morgan fingerprint density at radius 3 is 2.88 bits per heavy atom. The number of nitrogens with zero attached hydrogens (tertiary/aromatic N) is 2. The molecule has 1 heterocycles. The van der Waals surface area contributed by atoms with E-state index in [-0.39, 0.29) is 23.2 Å². The van der Waals surface area contributed by atoms with E-state index in [4.69, 9.17) is 5.26 Å². The molecule has 0 radical (unpaired) electrons. The van der Waals surface area contributed by atoms with E-state index in [0.717, 1.165) is 12.3 Å². The highest BCUT2D eigenvalue weighted by atomic mass is 19.3. The van der Waals surface area contributed by atoms with E-state index in [9.17, 15) is 13.6 Å². The van der Waals surface area contributed by atoms with Gasteiger partial charge >= 0.3 is 5.97 Å². The highest BCUT2D eigenvalue weighted by Gasteiger charge is 2.14. The quantitative estimate of drug-likeness (QED) is 0.734. The van der Waals surface area contributed by atoms with Gasteiger partial charge in [-0.05, 0) is 6.07 Å². The molecule has 0 N–H and O–H groups in total. The minimum atomic E-state index is -2.68. The molecule has 1 rings (SSSR count). The molecule has 0 fully saturated rings. The van der Waals surface area contributed by atoms with Crippen molar-refractivity contribution < 1.29 is 18.3 Å². The molecule has 16 heavy (non-hydrogen) atoms. The third-order valence-corrected chi connectivity index (χ3v) is 1.91. The fourth-order valence-electron chi connectivity index (χ4n) is 1.11. The molecule has 84 valence electrons. The number of alkyl halides is 2. The molecule has 0 bridgehead atoms. The van der Waals surface area contributed by atoms with Crippen LogP contribution in [-0.4, -0.2) is 18.1 Å². The van der Waals surface area contributed by atoms with Crippen LogP contribution in [0, 0.1) is 11.3 Å². The summed E-state index contributed by atoms with van der Waals surface area (Å²) < 4.78 is 29.1. The van der Waals surface area contributed by atoms with Gasteiger partial charge in [-0.3, -0.25) is 4.79 Å². The lowest BCUT2D eigenvalue weighted by molar-refractivity contribution is -0.139. The molecular formula is C10H8F2N2O2. The standard InChI is InChI=1S/C10H8F2N2O2/c1-16-9(15)3-6-2-7(10(11)12)5-14-8(6)4-13/h2,5,10H,3H2,1H3. The predicted octanol–water partition coefficient (Wildman–Crippen LogP) is 1.61. The second-order valence-corrected chi connectivity index (χ2v) is 2.94. The van der Waals surface area contributed by atoms with Gasteiger partial charge in [0, 0.05) is 17.3 Å². The molecule has 0 saturated carbocycles. The molecule has 0 aromatic carbocycles. The normalized spacial score (nSPS) is 9.94. The molecule has 0 spiro atoms. The lowest BCUT2D eigenvalue weighted by atomic mass is 10.1. The van der Waals surface area contributed by atoms with Crippen molar-refractivity contribution in [3.8, 4) is 6.07 Å². The summed E-state index contributed by atoms with van der Waals surface area (Å²) in [7, 11) is 1.18. The molecule has 6 heteroatoms. The Morgan fingerprint density at radius 1 is 1.69 bits per heavy atom. The van der Waals surface area contributed by atoms with Gasteiger partial charge in [-0.2, -0.15) is 5.26 Å². The van der Waals surface area contributed by atoms with Crippen molar-refractivity contribution in [1.82, 2.24) is 4.98 Å². The molecule has 0 aliphatic rings. The maximum absolute atomic E-state index is 12.4. The van der Waals surface area contributed by atoms with Crippen LogP contribution in [0.4, 0.5) is 8.78 Å². The number of nitriles is 1. The SMILES string of the molecule is COC(=O)Cc1cc(C(F)F)cnc1C#N. The monoisotopic (exact) mass is 226 g/mol. The molecule has 0 aliphatic carbocycles. The lowest BCUT2D eigenvalue weighted by Crippen LogP contribution is -2.07. The summed E-state index contributed by atoms with van der Waals surface area (Å²) in [5.74, 6) is -0.607. The zero-order valence-corrected chi connectivity index (χ0v) is 8.41. The van der Waals surface area contributed by atoms with E-state index in [1.54, 1.807) is 6.07 Å². The van der Waals surface area contributed by atoms with Crippen molar-refractivity contribution >= 4 is 5.97 Å². The number of methoxy groups -OCH3 is 1. The van der Waals surface area contributed by atoms with Crippen molar-refractivity contribution in [3.63, 3.8) is 0 Å². The molecule has 1 aromatic rings. The van der Waals surface area contributed by atoms with Crippen LogP contribution in [0.5, 0.6) is 0 Å². The molecule has 0 amide bonds. The van der Waals surface area contributed by atoms with Crippen molar-refractivity contribution in [3.05, 3.63) is 29.1 Å². The van der Waals surface area contributed by atoms with Gasteiger partial charge < -0.3 is 4.74 Å². The zero-order chi connectivity index (χ0) is 12.1. The van der Waals surface area contributed by atoms with Crippen LogP contribution in [0.1, 0.15) is 23.2 Å². The van der Waals surface area contributed by atoms with Crippen molar-refractivity contribution in [2.24, 2.45) is 0 Å². The first-order valence-corrected chi connectivity index (χ1v) is 4.32. The van der Waals surface area contributed by atoms with Crippen LogP contribution < -0.4 is 0 Å². The predicted molar refractivity (Wildman–Crippen MR) is 49.6 cm³/mol. The van der Waals surface area contributed by atoms with E-state index >= 15 is 0 Å². The number of carbonyl (C=O) groups is 1. The Bertz CT molecular complexity index is 441. The van der Waals surface area contributed by atoms with Gasteiger partial charge in [-0.1, -0.05) is 0 Å². The van der Waals surface area contributed by atoms with Gasteiger partial charge in [-0.25, -0.2) is 13.8 Å². The Hall–Kier alpha value is -2.03. The second kappa shape index (κ2) is 5.16. The van der Waals surface area contributed by atoms with Crippen LogP contribution in [-0.2, 0) is 16.0 Å². The van der Waals surface area contributed by atoms with E-state index in [1.807, 2.05) is 0 Å². The van der Waals surface area contributed by atoms with Gasteiger partial charge in [0.15, 0.2) is 0 Å². The summed E-state index contributed by atoms with van der Waals surface area (Å²) in [6, 6.07) is 2.82. The van der Waals surface area contributed by atoms with Gasteiger partial charge in [0.25, 0.3) is 6.43 Å². The van der Waals surface area contributed by atoms with Gasteiger partial charge in [0.1, 0.15) is 11.8 Å². The van der Waals surface area contributed by atoms with E-state index < -0.39 is 12.4 Å². The average molecular weight is 226 g/mol. The summed E-state index contributed by atoms with van der Waals surface area (Å²) in [6.45, 7) is 0. The first-order valence-electron chi connectivity index (χ1n) is 4.32. The molecular weight excluding hydrogens is 218 g/mol. The largest absolute Gasteiger partial charge is 0.469 e. The number of hydrogen-bond acceptors (Lipinski definition) is 4. The molecule has 0 saturated heterocycles. The van der Waals surface area contributed by atoms with E-state index in [1.165, 1.54) is 7.11 Å². The summed E-state index contributed by atoms with van der Waals surface area (Å²) in [5, 5.41) is 8.68. The number of rotatable bonds is 3. The lowest BCUT2D eigenvalue weighted by Gasteiger charge is -2.05. The third kappa shape index (κ3) is 2.73. The van der Waals surface area contributed by atoms with E-state index in [2.05, 4.69) is 9.72 Å². The highest BCUT2D eigenvalue weighted by molar-refractivity contribution is 5.73. The number of ether oxygens (including phenoxy) is 1. The number of halogens is 2. The molecule has 0 unspecified atom stereocenters. The second-order valence-electron chi connectivity index (χ2n) is 2.94. The molecule has 1 aromatic heterocycles. The van der Waals surface area contributed by atoms with Crippen molar-refractivity contribution in [1.29, 1.82) is 5.26 Å². The minimum absolute atomic E-state index is 0.0465. The smallest absolute Gasteiger partial charge is 0.310 e. The number of carbonyl (C=O) groups excluding carboxylic acids is 1. The van der Waals surface area contributed by atoms with Crippen molar-refractivity contribution in [2.45, 2.75) is 12.8 Å². The number of pyridine rings is 1. The Labute approximate surface area is 90.5 Å². The van der Waals surface area contributed by atoms with Gasteiger partial charge in [0.05, 0.1) is 13.5 Å². The molecule has 0 atom stereocenters. The topological polar surface area (TPSA) is 63.0 Å². The first kappa shape index (κ1) is 12.0. The highest BCUT2D eigenvalue weighted by Crippen LogP contribution is 2.20. The third-order valence-electron chi connectivity index (χ3n) is 1.91. The van der Waals surface area contributed by atoms with Crippen LogP contribution in [0.25, 0.3) is 0 Å². The van der Waals surface area contributed by atoms with E-state index in [0.29, 0.717) is 0 Å². The van der Waals surface area contributed by atoms with Crippen LogP contribution in [0.2, 0.25) is 0 Å². The summed E-state index contributed by atoms with van der Waals surface area (Å²) in [6.07, 6.45) is -2.01. The minimum Gasteiger partial charge on any atom is -0.469 e. The number of hydrogen-bond donors (Lipinski definition) is 0. The fourth-order valence-corrected chi connectivity index (χ4v) is 1.11. The maximum Gasteiger partial charge on any atom is 0.310 e. The number of aromatic nitrogens is 1. The zero-order valence-electron chi connectivity index (χ0n) is 8.41. The average Bonchev–Trinajstić information content (AvgIpc) is 2.28. The number of esters is 1. The summed E-state index contributed by atoms with van der Waals surface area (Å²) in [4.78, 5) is 14.5. The van der Waals surface area contributed by atoms with Gasteiger partial charge in [-0.15, -0.1) is 0 Å². The molecule has 4 nitrogen and oxygen atoms in total.